The van der Waals surface area contributed by atoms with Crippen LogP contribution >= 0.6 is 0 Å². The Morgan fingerprint density at radius 1 is 0.898 bits per heavy atom. The Morgan fingerprint density at radius 2 is 1.59 bits per heavy atom. The van der Waals surface area contributed by atoms with E-state index in [2.05, 4.69) is 27.8 Å². The molecule has 0 saturated heterocycles. The summed E-state index contributed by atoms with van der Waals surface area (Å²) < 4.78 is 15.5. The Balaban J connectivity index is 2.20. The van der Waals surface area contributed by atoms with Gasteiger partial charge in [-0.25, -0.2) is 4.79 Å². The molecule has 1 unspecified atom stereocenters. The second kappa shape index (κ2) is 22.6. The molecule has 2 aromatic carbocycles. The largest absolute Gasteiger partial charge is 0.447 e. The normalized spacial score (nSPS) is 14.3. The minimum absolute atomic E-state index is 0.0329. The van der Waals surface area contributed by atoms with E-state index in [9.17, 15) is 24.3 Å². The van der Waals surface area contributed by atoms with E-state index in [1.807, 2.05) is 70.2 Å². The summed E-state index contributed by atoms with van der Waals surface area (Å²) in [6.07, 6.45) is 0.901. The lowest BCUT2D eigenvalue weighted by atomic mass is 9.96. The summed E-state index contributed by atoms with van der Waals surface area (Å²) in [6.45, 7) is 13.1. The van der Waals surface area contributed by atoms with Crippen LogP contribution in [-0.4, -0.2) is 93.2 Å². The number of rotatable bonds is 23. The zero-order valence-corrected chi connectivity index (χ0v) is 29.7. The minimum atomic E-state index is -1.14. The van der Waals surface area contributed by atoms with Crippen molar-refractivity contribution in [1.82, 2.24) is 21.3 Å². The molecule has 0 saturated carbocycles. The molecule has 272 valence electrons. The van der Waals surface area contributed by atoms with Gasteiger partial charge in [-0.1, -0.05) is 82.7 Å². The van der Waals surface area contributed by atoms with Crippen molar-refractivity contribution in [2.75, 3.05) is 40.1 Å². The van der Waals surface area contributed by atoms with Gasteiger partial charge >= 0.3 is 6.09 Å². The van der Waals surface area contributed by atoms with Gasteiger partial charge in [0.1, 0.15) is 18.7 Å². The van der Waals surface area contributed by atoms with E-state index in [4.69, 9.17) is 14.2 Å². The summed E-state index contributed by atoms with van der Waals surface area (Å²) in [5.41, 5.74) is 0.817. The average Bonchev–Trinajstić information content (AvgIpc) is 3.07. The number of carbonyl (C=O) groups excluding carboxylic acids is 4. The zero-order chi connectivity index (χ0) is 36.2. The summed E-state index contributed by atoms with van der Waals surface area (Å²) >= 11 is 0. The first-order valence-corrected chi connectivity index (χ1v) is 17.1. The maximum atomic E-state index is 13.8. The number of alkyl carbamates (subject to hydrolysis) is 1. The van der Waals surface area contributed by atoms with Crippen LogP contribution in [0, 0.1) is 11.8 Å². The number of benzene rings is 2. The van der Waals surface area contributed by atoms with Crippen LogP contribution in [0.2, 0.25) is 0 Å². The molecule has 0 aliphatic carbocycles. The van der Waals surface area contributed by atoms with Crippen LogP contribution in [0.4, 0.5) is 4.79 Å². The molecule has 2 aromatic rings. The van der Waals surface area contributed by atoms with Gasteiger partial charge in [0.25, 0.3) is 0 Å². The fraction of sp³-hybridized carbons (Fsp3) is 0.568. The first kappa shape index (κ1) is 41.2. The van der Waals surface area contributed by atoms with Crippen LogP contribution in [0.1, 0.15) is 58.9 Å². The lowest BCUT2D eigenvalue weighted by molar-refractivity contribution is -0.131. The number of ether oxygens (including phenoxy) is 3. The van der Waals surface area contributed by atoms with Crippen LogP contribution in [0.3, 0.4) is 0 Å². The highest BCUT2D eigenvalue weighted by Gasteiger charge is 2.31. The van der Waals surface area contributed by atoms with E-state index in [1.54, 1.807) is 7.11 Å². The highest BCUT2D eigenvalue weighted by molar-refractivity contribution is 5.93. The highest BCUT2D eigenvalue weighted by atomic mass is 16.6. The Kier molecular flexibility index (Phi) is 19.0. The third-order valence-electron chi connectivity index (χ3n) is 8.10. The smallest absolute Gasteiger partial charge is 0.407 e. The molecule has 49 heavy (non-hydrogen) atoms. The van der Waals surface area contributed by atoms with E-state index >= 15 is 0 Å². The van der Waals surface area contributed by atoms with Crippen molar-refractivity contribution in [1.29, 1.82) is 0 Å². The predicted molar refractivity (Wildman–Crippen MR) is 190 cm³/mol. The average molecular weight is 685 g/mol. The maximum Gasteiger partial charge on any atom is 0.407 e. The number of fused-ring (bicyclic) bond motifs is 1. The Bertz CT molecular complexity index is 1330. The van der Waals surface area contributed by atoms with E-state index in [0.29, 0.717) is 32.1 Å². The second-order valence-electron chi connectivity index (χ2n) is 12.7. The molecule has 4 amide bonds. The summed E-state index contributed by atoms with van der Waals surface area (Å²) in [6, 6.07) is 10.5. The lowest BCUT2D eigenvalue weighted by Crippen LogP contribution is -2.57. The van der Waals surface area contributed by atoms with Crippen LogP contribution in [0.15, 0.2) is 55.1 Å². The maximum absolute atomic E-state index is 13.8. The van der Waals surface area contributed by atoms with Crippen molar-refractivity contribution in [3.8, 4) is 0 Å². The Morgan fingerprint density at radius 3 is 2.29 bits per heavy atom. The number of carbonyl (C=O) groups is 4. The second-order valence-corrected chi connectivity index (χ2v) is 12.7. The first-order chi connectivity index (χ1) is 23.5. The molecule has 12 nitrogen and oxygen atoms in total. The predicted octanol–water partition coefficient (Wildman–Crippen LogP) is 3.65. The molecule has 0 aromatic heterocycles. The van der Waals surface area contributed by atoms with Gasteiger partial charge in [-0.2, -0.15) is 0 Å². The molecule has 0 fully saturated rings. The third-order valence-corrected chi connectivity index (χ3v) is 8.10. The van der Waals surface area contributed by atoms with Crippen molar-refractivity contribution >= 4 is 34.6 Å². The quantitative estimate of drug-likeness (QED) is 0.0875. The van der Waals surface area contributed by atoms with Crippen molar-refractivity contribution in [3.63, 3.8) is 0 Å². The standard InChI is InChI=1S/C37H56N4O8/c1-7-12-30(35(44)40-31(21-25(3)4)33(42)23-34(43)38-24-26(5)8-2)39-36(45)32(41-37(46)49-20-19-48-18-17-47-6)22-28-15-11-14-27-13-9-10-16-29(27)28/h7,9-11,13-16,25-26,30-33,42H,1,8,12,17-24H2,2-6H3,(H,38,43)(H,39,45)(H,40,44)(H,41,46)/t26?,30-,31-,32-,33-/m0/s1. The number of amides is 4. The molecule has 0 radical (unpaired) electrons. The van der Waals surface area contributed by atoms with Crippen molar-refractivity contribution in [3.05, 3.63) is 60.7 Å². The molecule has 0 aliphatic heterocycles. The van der Waals surface area contributed by atoms with Gasteiger partial charge in [0.15, 0.2) is 0 Å². The van der Waals surface area contributed by atoms with Crippen LogP contribution < -0.4 is 21.3 Å². The summed E-state index contributed by atoms with van der Waals surface area (Å²) in [7, 11) is 1.56. The van der Waals surface area contributed by atoms with Crippen molar-refractivity contribution in [2.45, 2.75) is 84.0 Å². The highest BCUT2D eigenvalue weighted by Crippen LogP contribution is 2.20. The van der Waals surface area contributed by atoms with E-state index < -0.39 is 42.1 Å². The summed E-state index contributed by atoms with van der Waals surface area (Å²) in [5.74, 6) is -1.05. The van der Waals surface area contributed by atoms with Crippen molar-refractivity contribution < 1.29 is 38.5 Å². The van der Waals surface area contributed by atoms with Gasteiger partial charge in [0.2, 0.25) is 17.7 Å². The van der Waals surface area contributed by atoms with E-state index in [-0.39, 0.29) is 44.3 Å². The number of methoxy groups -OCH3 is 1. The van der Waals surface area contributed by atoms with E-state index in [1.165, 1.54) is 6.08 Å². The SMILES string of the molecule is C=CC[C@H](NC(=O)[C@H](Cc1cccc2ccccc12)NC(=O)OCCOCCOC)C(=O)N[C@@H](CC(C)C)[C@@H](O)CC(=O)NCC(C)CC. The van der Waals surface area contributed by atoms with Crippen LogP contribution in [0.5, 0.6) is 0 Å². The zero-order valence-electron chi connectivity index (χ0n) is 29.7. The van der Waals surface area contributed by atoms with Gasteiger partial charge < -0.3 is 40.6 Å². The molecule has 0 bridgehead atoms. The van der Waals surface area contributed by atoms with Gasteiger partial charge in [0, 0.05) is 20.1 Å². The first-order valence-electron chi connectivity index (χ1n) is 17.1. The van der Waals surface area contributed by atoms with Gasteiger partial charge in [-0.3, -0.25) is 14.4 Å². The Hall–Kier alpha value is -4.00. The Labute approximate surface area is 290 Å². The van der Waals surface area contributed by atoms with Gasteiger partial charge in [-0.05, 0) is 41.0 Å². The molecule has 5 atom stereocenters. The molecule has 5 N–H and O–H groups in total. The molecule has 2 rings (SSSR count). The summed E-state index contributed by atoms with van der Waals surface area (Å²) in [4.78, 5) is 52.8. The lowest BCUT2D eigenvalue weighted by Gasteiger charge is -2.28. The van der Waals surface area contributed by atoms with E-state index in [0.717, 1.165) is 22.8 Å². The fourth-order valence-electron chi connectivity index (χ4n) is 5.13. The minimum Gasteiger partial charge on any atom is -0.447 e. The molecule has 12 heteroatoms. The topological polar surface area (TPSA) is 164 Å². The number of aliphatic hydroxyl groups is 1. The number of aliphatic hydroxyl groups excluding tert-OH is 1. The third kappa shape index (κ3) is 15.4. The number of hydrogen-bond donors (Lipinski definition) is 5. The molecular formula is C37H56N4O8. The summed E-state index contributed by atoms with van der Waals surface area (Å²) in [5, 5.41) is 24.0. The molecule has 0 spiro atoms. The number of nitrogens with one attached hydrogen (secondary N) is 4. The fourth-order valence-corrected chi connectivity index (χ4v) is 5.13. The van der Waals surface area contributed by atoms with Gasteiger partial charge in [0.05, 0.1) is 38.4 Å². The van der Waals surface area contributed by atoms with Gasteiger partial charge in [-0.15, -0.1) is 6.58 Å². The van der Waals surface area contributed by atoms with Crippen LogP contribution in [0.25, 0.3) is 10.8 Å². The van der Waals surface area contributed by atoms with Crippen LogP contribution in [-0.2, 0) is 35.0 Å². The van der Waals surface area contributed by atoms with Crippen molar-refractivity contribution in [2.24, 2.45) is 11.8 Å². The monoisotopic (exact) mass is 684 g/mol. The number of hydrogen-bond acceptors (Lipinski definition) is 8. The molecular weight excluding hydrogens is 628 g/mol. The molecule has 0 heterocycles. The molecule has 0 aliphatic rings.